The van der Waals surface area contributed by atoms with Crippen molar-refractivity contribution in [1.82, 2.24) is 14.9 Å². The predicted molar refractivity (Wildman–Crippen MR) is 105 cm³/mol. The molecular weight excluding hydrogens is 361 g/mol. The maximum atomic E-state index is 14.1. The molecular formula is C21H22FN3O3. The van der Waals surface area contributed by atoms with Crippen LogP contribution in [0.2, 0.25) is 0 Å². The van der Waals surface area contributed by atoms with Crippen molar-refractivity contribution in [3.63, 3.8) is 0 Å². The molecule has 1 N–H and O–H groups in total. The summed E-state index contributed by atoms with van der Waals surface area (Å²) in [6.07, 6.45) is 2.21. The van der Waals surface area contributed by atoms with Gasteiger partial charge in [0.1, 0.15) is 17.0 Å². The predicted octanol–water partition coefficient (Wildman–Crippen LogP) is 2.74. The molecule has 0 bridgehead atoms. The lowest BCUT2D eigenvalue weighted by molar-refractivity contribution is 0.0942. The summed E-state index contributed by atoms with van der Waals surface area (Å²) in [6.45, 7) is 3.45. The van der Waals surface area contributed by atoms with E-state index in [0.29, 0.717) is 42.8 Å². The number of fused-ring (bicyclic) bond motifs is 1. The first-order valence-corrected chi connectivity index (χ1v) is 9.19. The highest BCUT2D eigenvalue weighted by atomic mass is 19.1. The van der Waals surface area contributed by atoms with Crippen LogP contribution in [-0.2, 0) is 11.3 Å². The topological polar surface area (TPSA) is 73.2 Å². The molecule has 1 amide bonds. The van der Waals surface area contributed by atoms with Gasteiger partial charge in [-0.3, -0.25) is 14.2 Å². The van der Waals surface area contributed by atoms with Crippen molar-refractivity contribution in [3.05, 3.63) is 76.0 Å². The van der Waals surface area contributed by atoms with Crippen LogP contribution in [-0.4, -0.2) is 35.2 Å². The first-order valence-electron chi connectivity index (χ1n) is 9.19. The molecule has 7 heteroatoms. The minimum atomic E-state index is -0.503. The van der Waals surface area contributed by atoms with Crippen LogP contribution in [0.1, 0.15) is 29.3 Å². The number of carbonyl (C=O) groups excluding carboxylic acids is 1. The van der Waals surface area contributed by atoms with E-state index < -0.39 is 17.3 Å². The summed E-state index contributed by atoms with van der Waals surface area (Å²) in [7, 11) is 0. The van der Waals surface area contributed by atoms with Crippen molar-refractivity contribution in [2.75, 3.05) is 19.8 Å². The number of nitrogens with one attached hydrogen (secondary N) is 1. The van der Waals surface area contributed by atoms with Crippen molar-refractivity contribution in [1.29, 1.82) is 0 Å². The fourth-order valence-electron chi connectivity index (χ4n) is 2.93. The highest BCUT2D eigenvalue weighted by Gasteiger charge is 2.17. The summed E-state index contributed by atoms with van der Waals surface area (Å²) >= 11 is 0. The van der Waals surface area contributed by atoms with Gasteiger partial charge in [-0.1, -0.05) is 18.2 Å². The molecule has 6 nitrogen and oxygen atoms in total. The number of rotatable bonds is 8. The lowest BCUT2D eigenvalue weighted by Gasteiger charge is -2.13. The van der Waals surface area contributed by atoms with Gasteiger partial charge in [-0.25, -0.2) is 9.37 Å². The number of benzene rings is 1. The van der Waals surface area contributed by atoms with Crippen LogP contribution in [0, 0.1) is 5.82 Å². The summed E-state index contributed by atoms with van der Waals surface area (Å²) in [5.74, 6) is -0.876. The number of amides is 1. The third-order valence-electron chi connectivity index (χ3n) is 4.33. The average Bonchev–Trinajstić information content (AvgIpc) is 2.71. The Morgan fingerprint density at radius 3 is 2.86 bits per heavy atom. The van der Waals surface area contributed by atoms with Crippen LogP contribution in [0.15, 0.2) is 53.5 Å². The zero-order valence-corrected chi connectivity index (χ0v) is 15.7. The van der Waals surface area contributed by atoms with Gasteiger partial charge in [0.15, 0.2) is 0 Å². The van der Waals surface area contributed by atoms with Crippen LogP contribution in [0.3, 0.4) is 0 Å². The van der Waals surface area contributed by atoms with Gasteiger partial charge < -0.3 is 10.1 Å². The third-order valence-corrected chi connectivity index (χ3v) is 4.33. The average molecular weight is 383 g/mol. The highest BCUT2D eigenvalue weighted by molar-refractivity contribution is 5.96. The van der Waals surface area contributed by atoms with Crippen LogP contribution in [0.25, 0.3) is 11.0 Å². The number of carbonyl (C=O) groups is 1. The monoisotopic (exact) mass is 383 g/mol. The van der Waals surface area contributed by atoms with Gasteiger partial charge in [-0.2, -0.15) is 0 Å². The van der Waals surface area contributed by atoms with Gasteiger partial charge in [0, 0.05) is 36.9 Å². The van der Waals surface area contributed by atoms with Gasteiger partial charge in [0.25, 0.3) is 11.5 Å². The maximum absolute atomic E-state index is 14.1. The molecule has 0 aliphatic carbocycles. The molecule has 3 aromatic rings. The molecule has 0 aliphatic rings. The number of aromatic nitrogens is 2. The van der Waals surface area contributed by atoms with Gasteiger partial charge in [0.2, 0.25) is 0 Å². The number of ether oxygens (including phenoxy) is 1. The van der Waals surface area contributed by atoms with Gasteiger partial charge >= 0.3 is 0 Å². The summed E-state index contributed by atoms with van der Waals surface area (Å²) in [5, 5.41) is 3.38. The molecule has 0 saturated heterocycles. The Labute approximate surface area is 162 Å². The minimum Gasteiger partial charge on any atom is -0.382 e. The normalized spacial score (nSPS) is 10.9. The smallest absolute Gasteiger partial charge is 0.265 e. The Morgan fingerprint density at radius 2 is 2.07 bits per heavy atom. The quantitative estimate of drug-likeness (QED) is 0.607. The Hall–Kier alpha value is -3.06. The molecule has 0 fully saturated rings. The van der Waals surface area contributed by atoms with Gasteiger partial charge in [-0.15, -0.1) is 0 Å². The lowest BCUT2D eigenvalue weighted by Crippen LogP contribution is -2.34. The van der Waals surface area contributed by atoms with E-state index in [1.54, 1.807) is 36.5 Å². The second-order valence-corrected chi connectivity index (χ2v) is 6.26. The summed E-state index contributed by atoms with van der Waals surface area (Å²) in [5.41, 5.74) is 0.263. The van der Waals surface area contributed by atoms with Crippen LogP contribution in [0.4, 0.5) is 4.39 Å². The number of halogens is 1. The van der Waals surface area contributed by atoms with Crippen LogP contribution < -0.4 is 10.9 Å². The van der Waals surface area contributed by atoms with Gasteiger partial charge in [0.05, 0.1) is 6.54 Å². The van der Waals surface area contributed by atoms with Crippen LogP contribution in [0.5, 0.6) is 0 Å². The molecule has 0 unspecified atom stereocenters. The van der Waals surface area contributed by atoms with Crippen molar-refractivity contribution in [3.8, 4) is 0 Å². The summed E-state index contributed by atoms with van der Waals surface area (Å²) in [4.78, 5) is 29.8. The highest BCUT2D eigenvalue weighted by Crippen LogP contribution is 2.14. The molecule has 0 spiro atoms. The van der Waals surface area contributed by atoms with Crippen molar-refractivity contribution in [2.45, 2.75) is 19.9 Å². The molecule has 2 aromatic heterocycles. The maximum Gasteiger partial charge on any atom is 0.265 e. The molecule has 3 rings (SSSR count). The zero-order valence-electron chi connectivity index (χ0n) is 15.7. The van der Waals surface area contributed by atoms with Crippen molar-refractivity contribution < 1.29 is 13.9 Å². The van der Waals surface area contributed by atoms with Crippen molar-refractivity contribution in [2.24, 2.45) is 0 Å². The largest absolute Gasteiger partial charge is 0.382 e. The van der Waals surface area contributed by atoms with E-state index >= 15 is 0 Å². The molecule has 0 aliphatic heterocycles. The molecule has 146 valence electrons. The molecule has 2 heterocycles. The number of hydrogen-bond donors (Lipinski definition) is 1. The summed E-state index contributed by atoms with van der Waals surface area (Å²) < 4.78 is 20.7. The van der Waals surface area contributed by atoms with Gasteiger partial charge in [-0.05, 0) is 37.6 Å². The number of pyridine rings is 2. The van der Waals surface area contributed by atoms with E-state index in [1.807, 2.05) is 6.92 Å². The Bertz CT molecular complexity index is 1030. The van der Waals surface area contributed by atoms with E-state index in [0.717, 1.165) is 0 Å². The third kappa shape index (κ3) is 4.43. The zero-order chi connectivity index (χ0) is 19.9. The molecule has 0 saturated carbocycles. The standard InChI is InChI=1S/C21H22FN3O3/c1-2-28-12-6-11-24-20(26)17-13-15-8-5-10-23-19(15)25(21(17)27)14-16-7-3-4-9-18(16)22/h3-5,7-10,13H,2,6,11-12,14H2,1H3,(H,24,26). The van der Waals surface area contributed by atoms with Crippen LogP contribution >= 0.6 is 0 Å². The first kappa shape index (κ1) is 19.7. The lowest BCUT2D eigenvalue weighted by atomic mass is 10.1. The molecule has 1 aromatic carbocycles. The molecule has 0 atom stereocenters. The SMILES string of the molecule is CCOCCCNC(=O)c1cc2cccnc2n(Cc2ccccc2F)c1=O. The van der Waals surface area contributed by atoms with Crippen molar-refractivity contribution >= 4 is 16.9 Å². The molecule has 28 heavy (non-hydrogen) atoms. The second kappa shape index (κ2) is 9.23. The number of hydrogen-bond acceptors (Lipinski definition) is 4. The van der Waals surface area contributed by atoms with E-state index in [4.69, 9.17) is 4.74 Å². The number of nitrogens with zero attached hydrogens (tertiary/aromatic N) is 2. The Morgan fingerprint density at radius 1 is 1.25 bits per heavy atom. The van der Waals surface area contributed by atoms with E-state index in [-0.39, 0.29) is 12.1 Å². The minimum absolute atomic E-state index is 0.00764. The Kier molecular flexibility index (Phi) is 6.49. The molecule has 0 radical (unpaired) electrons. The fourth-order valence-corrected chi connectivity index (χ4v) is 2.93. The Balaban J connectivity index is 1.94. The fraction of sp³-hybridized carbons (Fsp3) is 0.286. The summed E-state index contributed by atoms with van der Waals surface area (Å²) in [6, 6.07) is 11.3. The van der Waals surface area contributed by atoms with E-state index in [9.17, 15) is 14.0 Å². The van der Waals surface area contributed by atoms with E-state index in [2.05, 4.69) is 10.3 Å². The first-order chi connectivity index (χ1) is 13.6. The second-order valence-electron chi connectivity index (χ2n) is 6.26. The van der Waals surface area contributed by atoms with E-state index in [1.165, 1.54) is 16.7 Å².